The summed E-state index contributed by atoms with van der Waals surface area (Å²) in [6.07, 6.45) is 1.86. The van der Waals surface area contributed by atoms with E-state index in [1.54, 1.807) is 40.0 Å². The number of nitrogen functional groups attached to an aromatic ring is 1. The van der Waals surface area contributed by atoms with Crippen molar-refractivity contribution < 1.29 is 39.2 Å². The fourth-order valence-corrected chi connectivity index (χ4v) is 5.20. The molecule has 0 unspecified atom stereocenters. The van der Waals surface area contributed by atoms with Gasteiger partial charge in [0.05, 0.1) is 18.6 Å². The number of esters is 1. The van der Waals surface area contributed by atoms with Gasteiger partial charge in [0.2, 0.25) is 0 Å². The predicted octanol–water partition coefficient (Wildman–Crippen LogP) is 5.76. The van der Waals surface area contributed by atoms with Crippen LogP contribution in [0.3, 0.4) is 0 Å². The number of aliphatic carboxylic acids is 1. The van der Waals surface area contributed by atoms with E-state index in [2.05, 4.69) is 5.32 Å². The highest BCUT2D eigenvalue weighted by Crippen LogP contribution is 2.48. The molecule has 0 aliphatic carbocycles. The molecule has 0 radical (unpaired) electrons. The highest BCUT2D eigenvalue weighted by molar-refractivity contribution is 7.18. The molecule has 11 nitrogen and oxygen atoms in total. The van der Waals surface area contributed by atoms with Gasteiger partial charge in [-0.1, -0.05) is 38.1 Å². The van der Waals surface area contributed by atoms with Crippen LogP contribution < -0.4 is 15.8 Å². The number of nitrogens with one attached hydrogen (secondary N) is 1. The number of aromatic hydroxyl groups is 1. The number of hydrogen-bond donors (Lipinski definition) is 5. The van der Waals surface area contributed by atoms with Gasteiger partial charge in [0, 0.05) is 30.5 Å². The second-order valence-corrected chi connectivity index (χ2v) is 11.7. The van der Waals surface area contributed by atoms with Crippen LogP contribution in [0.15, 0.2) is 48.5 Å². The fraction of sp³-hybridized carbons (Fsp3) is 0.438. The summed E-state index contributed by atoms with van der Waals surface area (Å²) < 4.78 is 10.7. The second-order valence-electron chi connectivity index (χ2n) is 10.6. The van der Waals surface area contributed by atoms with Crippen molar-refractivity contribution in [2.75, 3.05) is 37.9 Å². The Kier molecular flexibility index (Phi) is 14.4. The van der Waals surface area contributed by atoms with Crippen LogP contribution in [0.25, 0.3) is 10.4 Å². The molecule has 0 amide bonds. The number of piperidine rings is 1. The molecular weight excluding hydrogens is 586 g/mol. The number of hydrogen-bond acceptors (Lipinski definition) is 11. The first-order valence-electron chi connectivity index (χ1n) is 14.4. The zero-order chi connectivity index (χ0) is 32.9. The smallest absolute Gasteiger partial charge is 0.352 e. The minimum atomic E-state index is -1.22. The number of ether oxygens (including phenoxy) is 2. The van der Waals surface area contributed by atoms with Gasteiger partial charge in [0.25, 0.3) is 0 Å². The Morgan fingerprint density at radius 3 is 2.30 bits per heavy atom. The maximum absolute atomic E-state index is 12.7. The first-order valence-corrected chi connectivity index (χ1v) is 15.3. The molecule has 44 heavy (non-hydrogen) atoms. The minimum Gasteiger partial charge on any atom is -0.503 e. The van der Waals surface area contributed by atoms with Crippen LogP contribution in [0.5, 0.6) is 11.5 Å². The van der Waals surface area contributed by atoms with Gasteiger partial charge in [-0.25, -0.2) is 9.59 Å². The van der Waals surface area contributed by atoms with E-state index in [-0.39, 0.29) is 29.0 Å². The Bertz CT molecular complexity index is 1350. The number of aliphatic hydroxyl groups is 1. The third-order valence-corrected chi connectivity index (χ3v) is 7.30. The van der Waals surface area contributed by atoms with Crippen LogP contribution >= 0.6 is 11.3 Å². The second kappa shape index (κ2) is 17.5. The SMILES string of the molecule is CC.CON1CCC(Nc2cccc(-c3sc(C(=O)OC(C)(C)C)c(OCC(=O)O)c3O)c2)CC1.Nc1cccc(CO)c1. The highest BCUT2D eigenvalue weighted by Gasteiger charge is 2.29. The predicted molar refractivity (Wildman–Crippen MR) is 173 cm³/mol. The molecule has 0 bridgehead atoms. The largest absolute Gasteiger partial charge is 0.503 e. The number of carbonyl (C=O) groups is 2. The summed E-state index contributed by atoms with van der Waals surface area (Å²) in [5.74, 6) is -2.37. The molecule has 0 saturated carbocycles. The summed E-state index contributed by atoms with van der Waals surface area (Å²) in [5.41, 5.74) is 7.77. The Morgan fingerprint density at radius 2 is 1.75 bits per heavy atom. The highest BCUT2D eigenvalue weighted by atomic mass is 32.1. The molecule has 6 N–H and O–H groups in total. The van der Waals surface area contributed by atoms with E-state index < -0.39 is 24.1 Å². The van der Waals surface area contributed by atoms with Gasteiger partial charge < -0.3 is 40.7 Å². The van der Waals surface area contributed by atoms with Gasteiger partial charge in [-0.05, 0) is 69.0 Å². The van der Waals surface area contributed by atoms with Gasteiger partial charge in [-0.2, -0.15) is 5.06 Å². The van der Waals surface area contributed by atoms with Gasteiger partial charge in [0.15, 0.2) is 23.0 Å². The molecule has 12 heteroatoms. The zero-order valence-corrected chi connectivity index (χ0v) is 27.1. The molecule has 0 spiro atoms. The van der Waals surface area contributed by atoms with Crippen molar-refractivity contribution in [2.24, 2.45) is 0 Å². The number of anilines is 2. The average Bonchev–Trinajstić information content (AvgIpc) is 3.33. The molecule has 242 valence electrons. The number of benzene rings is 2. The lowest BCUT2D eigenvalue weighted by Gasteiger charge is -2.31. The van der Waals surface area contributed by atoms with Gasteiger partial charge >= 0.3 is 11.9 Å². The number of thiophene rings is 1. The molecule has 1 aliphatic heterocycles. The molecule has 1 aromatic heterocycles. The summed E-state index contributed by atoms with van der Waals surface area (Å²) >= 11 is 1.00. The lowest BCUT2D eigenvalue weighted by Crippen LogP contribution is -2.38. The van der Waals surface area contributed by atoms with Crippen LogP contribution in [0.4, 0.5) is 11.4 Å². The monoisotopic (exact) mass is 631 g/mol. The fourth-order valence-electron chi connectivity index (χ4n) is 4.19. The van der Waals surface area contributed by atoms with Crippen LogP contribution in [0, 0.1) is 0 Å². The number of rotatable bonds is 9. The van der Waals surface area contributed by atoms with E-state index in [0.717, 1.165) is 48.5 Å². The van der Waals surface area contributed by atoms with E-state index >= 15 is 0 Å². The van der Waals surface area contributed by atoms with Crippen molar-refractivity contribution in [1.82, 2.24) is 5.06 Å². The van der Waals surface area contributed by atoms with Gasteiger partial charge in [0.1, 0.15) is 5.60 Å². The standard InChI is InChI=1S/C23H30N2O7S.C7H9NO.C2H6/c1-23(2,3)32-22(29)21-19(31-13-17(26)27)18(28)20(33-21)14-6-5-7-16(12-14)24-15-8-10-25(30-4)11-9-15;8-7-3-1-2-6(4-7)5-9;1-2/h5-7,12,15,24,28H,8-11,13H2,1-4H3,(H,26,27);1-4,9H,5,8H2;1-2H3. The molecule has 4 rings (SSSR count). The van der Waals surface area contributed by atoms with Crippen molar-refractivity contribution >= 4 is 34.7 Å². The topological polar surface area (TPSA) is 164 Å². The molecule has 1 saturated heterocycles. The summed E-state index contributed by atoms with van der Waals surface area (Å²) in [5, 5.41) is 33.9. The Hall–Kier alpha value is -3.84. The van der Waals surface area contributed by atoms with E-state index in [1.165, 1.54) is 0 Å². The van der Waals surface area contributed by atoms with Crippen molar-refractivity contribution in [3.8, 4) is 21.9 Å². The zero-order valence-electron chi connectivity index (χ0n) is 26.3. The third kappa shape index (κ3) is 11.3. The first kappa shape index (κ1) is 36.4. The Labute approximate surface area is 263 Å². The van der Waals surface area contributed by atoms with Gasteiger partial charge in [-0.15, -0.1) is 11.3 Å². The number of hydroxylamine groups is 2. The number of carboxylic acids is 1. The number of nitrogens with two attached hydrogens (primary N) is 1. The van der Waals surface area contributed by atoms with E-state index in [0.29, 0.717) is 16.1 Å². The van der Waals surface area contributed by atoms with E-state index in [9.17, 15) is 14.7 Å². The summed E-state index contributed by atoms with van der Waals surface area (Å²) in [4.78, 5) is 29.4. The van der Waals surface area contributed by atoms with Crippen LogP contribution in [-0.2, 0) is 21.0 Å². The van der Waals surface area contributed by atoms with Gasteiger partial charge in [-0.3, -0.25) is 0 Å². The van der Waals surface area contributed by atoms with Crippen LogP contribution in [0.2, 0.25) is 0 Å². The van der Waals surface area contributed by atoms with E-state index in [1.807, 2.05) is 55.3 Å². The summed E-state index contributed by atoms with van der Waals surface area (Å²) in [7, 11) is 1.67. The molecular formula is C32H45N3O8S. The Morgan fingerprint density at radius 1 is 1.09 bits per heavy atom. The number of carboxylic acid groups (broad SMARTS) is 1. The van der Waals surface area contributed by atoms with Crippen LogP contribution in [0.1, 0.15) is 62.7 Å². The molecule has 1 fully saturated rings. The molecule has 1 aliphatic rings. The average molecular weight is 632 g/mol. The first-order chi connectivity index (χ1) is 20.9. The molecule has 3 aromatic rings. The van der Waals surface area contributed by atoms with Crippen molar-refractivity contribution in [3.05, 3.63) is 59.0 Å². The minimum absolute atomic E-state index is 0.0176. The van der Waals surface area contributed by atoms with E-state index in [4.69, 9.17) is 30.3 Å². The Balaban J connectivity index is 0.000000519. The van der Waals surface area contributed by atoms with Crippen LogP contribution in [-0.4, -0.2) is 70.8 Å². The lowest BCUT2D eigenvalue weighted by atomic mass is 10.1. The number of nitrogens with zero attached hydrogens (tertiary/aromatic N) is 1. The molecule has 2 heterocycles. The maximum atomic E-state index is 12.7. The summed E-state index contributed by atoms with van der Waals surface area (Å²) in [6.45, 7) is 10.2. The number of aliphatic hydroxyl groups excluding tert-OH is 1. The normalized spacial score (nSPS) is 13.5. The van der Waals surface area contributed by atoms with Crippen molar-refractivity contribution in [2.45, 2.75) is 65.7 Å². The summed E-state index contributed by atoms with van der Waals surface area (Å²) in [6, 6.07) is 15.0. The van der Waals surface area contributed by atoms with Crippen molar-refractivity contribution in [1.29, 1.82) is 0 Å². The number of carbonyl (C=O) groups excluding carboxylic acids is 1. The third-order valence-electron chi connectivity index (χ3n) is 6.11. The lowest BCUT2D eigenvalue weighted by molar-refractivity contribution is -0.142. The molecule has 0 atom stereocenters. The van der Waals surface area contributed by atoms with Crippen molar-refractivity contribution in [3.63, 3.8) is 0 Å². The quantitative estimate of drug-likeness (QED) is 0.144. The maximum Gasteiger partial charge on any atom is 0.352 e. The molecule has 2 aromatic carbocycles.